The molecule has 4 heteroatoms. The molecule has 0 N–H and O–H groups in total. The summed E-state index contributed by atoms with van der Waals surface area (Å²) in [6.45, 7) is 0. The predicted molar refractivity (Wildman–Crippen MR) is 34.2 cm³/mol. The average Bonchev–Trinajstić information content (AvgIpc) is 1.83. The van der Waals surface area contributed by atoms with Crippen LogP contribution in [-0.2, 0) is 9.53 Å². The van der Waals surface area contributed by atoms with Crippen molar-refractivity contribution in [2.75, 3.05) is 7.11 Å². The highest BCUT2D eigenvalue weighted by Gasteiger charge is 2.42. The predicted octanol–water partition coefficient (Wildman–Crippen LogP) is 1.45. The van der Waals surface area contributed by atoms with Crippen molar-refractivity contribution < 1.29 is 18.3 Å². The van der Waals surface area contributed by atoms with Crippen LogP contribution in [0.25, 0.3) is 0 Å². The van der Waals surface area contributed by atoms with Crippen LogP contribution in [0.3, 0.4) is 0 Å². The SMILES string of the molecule is COC(=O)[C@@H]1CC[C@H]1C(F)F. The van der Waals surface area contributed by atoms with E-state index in [1.54, 1.807) is 0 Å². The van der Waals surface area contributed by atoms with Gasteiger partial charge in [0.1, 0.15) is 0 Å². The number of esters is 1. The standard InChI is InChI=1S/C7H10F2O2/c1-11-7(10)5-3-2-4(5)6(8)9/h4-6H,2-3H2,1H3/t4-,5-/m1/s1. The third-order valence-corrected chi connectivity index (χ3v) is 2.16. The van der Waals surface area contributed by atoms with Crippen molar-refractivity contribution in [1.29, 1.82) is 0 Å². The van der Waals surface area contributed by atoms with Gasteiger partial charge in [-0.2, -0.15) is 0 Å². The quantitative estimate of drug-likeness (QED) is 0.577. The van der Waals surface area contributed by atoms with Gasteiger partial charge in [-0.3, -0.25) is 4.79 Å². The molecule has 0 bridgehead atoms. The van der Waals surface area contributed by atoms with Gasteiger partial charge >= 0.3 is 5.97 Å². The molecule has 0 radical (unpaired) electrons. The molecule has 1 aliphatic carbocycles. The number of carbonyl (C=O) groups excluding carboxylic acids is 1. The first-order valence-electron chi connectivity index (χ1n) is 3.52. The van der Waals surface area contributed by atoms with Crippen LogP contribution in [0.5, 0.6) is 0 Å². The third kappa shape index (κ3) is 1.49. The van der Waals surface area contributed by atoms with Gasteiger partial charge < -0.3 is 4.74 Å². The molecule has 1 rings (SSSR count). The van der Waals surface area contributed by atoms with Crippen molar-refractivity contribution in [2.24, 2.45) is 11.8 Å². The Labute approximate surface area is 63.5 Å². The molecule has 2 atom stereocenters. The van der Waals surface area contributed by atoms with Gasteiger partial charge in [0.25, 0.3) is 0 Å². The highest BCUT2D eigenvalue weighted by molar-refractivity contribution is 5.73. The van der Waals surface area contributed by atoms with E-state index >= 15 is 0 Å². The van der Waals surface area contributed by atoms with Gasteiger partial charge in [0.2, 0.25) is 6.43 Å². The van der Waals surface area contributed by atoms with E-state index in [1.807, 2.05) is 0 Å². The second-order valence-electron chi connectivity index (χ2n) is 2.71. The Morgan fingerprint density at radius 1 is 1.55 bits per heavy atom. The Kier molecular flexibility index (Phi) is 2.42. The Balaban J connectivity index is 2.43. The number of hydrogen-bond acceptors (Lipinski definition) is 2. The fourth-order valence-corrected chi connectivity index (χ4v) is 1.27. The summed E-state index contributed by atoms with van der Waals surface area (Å²) in [5, 5.41) is 0. The molecule has 0 saturated heterocycles. The number of alkyl halides is 2. The second-order valence-corrected chi connectivity index (χ2v) is 2.71. The maximum absolute atomic E-state index is 12.0. The molecule has 11 heavy (non-hydrogen) atoms. The minimum absolute atomic E-state index is 0.442. The molecule has 0 aromatic heterocycles. The average molecular weight is 164 g/mol. The van der Waals surface area contributed by atoms with E-state index in [1.165, 1.54) is 7.11 Å². The molecule has 0 unspecified atom stereocenters. The topological polar surface area (TPSA) is 26.3 Å². The number of rotatable bonds is 2. The van der Waals surface area contributed by atoms with Gasteiger partial charge in [-0.1, -0.05) is 0 Å². The molecule has 0 heterocycles. The first-order chi connectivity index (χ1) is 5.16. The summed E-state index contributed by atoms with van der Waals surface area (Å²) in [7, 11) is 1.23. The van der Waals surface area contributed by atoms with E-state index in [-0.39, 0.29) is 0 Å². The van der Waals surface area contributed by atoms with Gasteiger partial charge in [0.15, 0.2) is 0 Å². The van der Waals surface area contributed by atoms with Crippen LogP contribution in [0.4, 0.5) is 8.78 Å². The van der Waals surface area contributed by atoms with Crippen LogP contribution in [0.2, 0.25) is 0 Å². The fourth-order valence-electron chi connectivity index (χ4n) is 1.27. The van der Waals surface area contributed by atoms with E-state index < -0.39 is 24.2 Å². The highest BCUT2D eigenvalue weighted by atomic mass is 19.3. The zero-order valence-electron chi connectivity index (χ0n) is 6.22. The van der Waals surface area contributed by atoms with Gasteiger partial charge in [0, 0.05) is 5.92 Å². The summed E-state index contributed by atoms with van der Waals surface area (Å²) in [6, 6.07) is 0. The van der Waals surface area contributed by atoms with Crippen LogP contribution >= 0.6 is 0 Å². The number of carbonyl (C=O) groups is 1. The zero-order chi connectivity index (χ0) is 8.43. The van der Waals surface area contributed by atoms with Crippen molar-refractivity contribution in [3.63, 3.8) is 0 Å². The van der Waals surface area contributed by atoms with E-state index in [9.17, 15) is 13.6 Å². The van der Waals surface area contributed by atoms with E-state index in [2.05, 4.69) is 4.74 Å². The number of methoxy groups -OCH3 is 1. The van der Waals surface area contributed by atoms with Crippen molar-refractivity contribution in [1.82, 2.24) is 0 Å². The van der Waals surface area contributed by atoms with Crippen molar-refractivity contribution in [3.05, 3.63) is 0 Å². The molecule has 0 aromatic rings. The lowest BCUT2D eigenvalue weighted by Gasteiger charge is -2.33. The van der Waals surface area contributed by atoms with E-state index in [0.29, 0.717) is 12.8 Å². The Morgan fingerprint density at radius 3 is 2.45 bits per heavy atom. The zero-order valence-corrected chi connectivity index (χ0v) is 6.22. The van der Waals surface area contributed by atoms with Gasteiger partial charge in [0.05, 0.1) is 13.0 Å². The first kappa shape index (κ1) is 8.43. The maximum Gasteiger partial charge on any atom is 0.309 e. The van der Waals surface area contributed by atoms with Crippen LogP contribution < -0.4 is 0 Å². The summed E-state index contributed by atoms with van der Waals surface area (Å²) in [4.78, 5) is 10.8. The normalized spacial score (nSPS) is 29.8. The molecule has 0 spiro atoms. The van der Waals surface area contributed by atoms with Gasteiger partial charge in [-0.15, -0.1) is 0 Å². The minimum Gasteiger partial charge on any atom is -0.469 e. The Bertz CT molecular complexity index is 159. The summed E-state index contributed by atoms with van der Waals surface area (Å²) in [5.41, 5.74) is 0. The second kappa shape index (κ2) is 3.15. The minimum atomic E-state index is -2.38. The Hall–Kier alpha value is -0.670. The highest BCUT2D eigenvalue weighted by Crippen LogP contribution is 2.39. The maximum atomic E-state index is 12.0. The van der Waals surface area contributed by atoms with Crippen LogP contribution in [0, 0.1) is 11.8 Å². The summed E-state index contributed by atoms with van der Waals surface area (Å²) >= 11 is 0. The smallest absolute Gasteiger partial charge is 0.309 e. The number of hydrogen-bond donors (Lipinski definition) is 0. The summed E-state index contributed by atoms with van der Waals surface area (Å²) < 4.78 is 28.4. The lowest BCUT2D eigenvalue weighted by Crippen LogP contribution is -2.38. The number of halogens is 2. The Morgan fingerprint density at radius 2 is 2.18 bits per heavy atom. The molecule has 1 saturated carbocycles. The van der Waals surface area contributed by atoms with Gasteiger partial charge in [-0.25, -0.2) is 8.78 Å². The summed E-state index contributed by atoms with van der Waals surface area (Å²) in [6.07, 6.45) is -1.40. The van der Waals surface area contributed by atoms with E-state index in [0.717, 1.165) is 0 Å². The van der Waals surface area contributed by atoms with Crippen LogP contribution in [0.15, 0.2) is 0 Å². The fraction of sp³-hybridized carbons (Fsp3) is 0.857. The van der Waals surface area contributed by atoms with Crippen LogP contribution in [-0.4, -0.2) is 19.5 Å². The van der Waals surface area contributed by atoms with Crippen molar-refractivity contribution in [2.45, 2.75) is 19.3 Å². The monoisotopic (exact) mass is 164 g/mol. The molecule has 2 nitrogen and oxygen atoms in total. The van der Waals surface area contributed by atoms with Gasteiger partial charge in [-0.05, 0) is 12.8 Å². The molecule has 0 aliphatic heterocycles. The van der Waals surface area contributed by atoms with Crippen LogP contribution in [0.1, 0.15) is 12.8 Å². The first-order valence-corrected chi connectivity index (χ1v) is 3.52. The van der Waals surface area contributed by atoms with Crippen molar-refractivity contribution in [3.8, 4) is 0 Å². The molecule has 1 fully saturated rings. The molecule has 0 amide bonds. The van der Waals surface area contributed by atoms with Crippen molar-refractivity contribution >= 4 is 5.97 Å². The molecular formula is C7H10F2O2. The van der Waals surface area contributed by atoms with E-state index in [4.69, 9.17) is 0 Å². The molecule has 0 aromatic carbocycles. The lowest BCUT2D eigenvalue weighted by molar-refractivity contribution is -0.156. The third-order valence-electron chi connectivity index (χ3n) is 2.16. The number of ether oxygens (including phenoxy) is 1. The molecule has 1 aliphatic rings. The molecular weight excluding hydrogens is 154 g/mol. The largest absolute Gasteiger partial charge is 0.469 e. The lowest BCUT2D eigenvalue weighted by atomic mass is 9.74. The summed E-state index contributed by atoms with van der Waals surface area (Å²) in [5.74, 6) is -1.82. The molecule has 64 valence electrons.